The summed E-state index contributed by atoms with van der Waals surface area (Å²) in [4.78, 5) is 14.5. The van der Waals surface area contributed by atoms with E-state index in [1.807, 2.05) is 18.2 Å². The number of sulfonamides is 1. The second-order valence-electron chi connectivity index (χ2n) is 7.40. The van der Waals surface area contributed by atoms with Crippen LogP contribution in [0.1, 0.15) is 12.8 Å². The van der Waals surface area contributed by atoms with E-state index in [1.165, 1.54) is 38.1 Å². The van der Waals surface area contributed by atoms with Crippen LogP contribution >= 0.6 is 0 Å². The van der Waals surface area contributed by atoms with Gasteiger partial charge < -0.3 is 19.7 Å². The second-order valence-corrected chi connectivity index (χ2v) is 9.17. The molecule has 1 unspecified atom stereocenters. The number of ether oxygens (including phenoxy) is 2. The van der Waals surface area contributed by atoms with E-state index in [-0.39, 0.29) is 23.8 Å². The van der Waals surface area contributed by atoms with Crippen LogP contribution in [0.2, 0.25) is 0 Å². The minimum atomic E-state index is -3.75. The van der Waals surface area contributed by atoms with Gasteiger partial charge in [-0.2, -0.15) is 0 Å². The summed E-state index contributed by atoms with van der Waals surface area (Å²) in [6, 6.07) is 14.6. The van der Waals surface area contributed by atoms with E-state index in [2.05, 4.69) is 27.1 Å². The van der Waals surface area contributed by atoms with Gasteiger partial charge >= 0.3 is 0 Å². The maximum absolute atomic E-state index is 12.5. The summed E-state index contributed by atoms with van der Waals surface area (Å²) in [6.45, 7) is 2.47. The summed E-state index contributed by atoms with van der Waals surface area (Å²) in [6.07, 6.45) is 1.09. The molecule has 1 aliphatic rings. The number of rotatable bonds is 10. The Hall–Kier alpha value is -2.78. The van der Waals surface area contributed by atoms with Crippen molar-refractivity contribution >= 4 is 21.6 Å². The van der Waals surface area contributed by atoms with Gasteiger partial charge in [0.25, 0.3) is 0 Å². The topological polar surface area (TPSA) is 97.0 Å². The molecule has 2 aromatic rings. The Kier molecular flexibility index (Phi) is 7.75. The largest absolute Gasteiger partial charge is 0.493 e. The third-order valence-electron chi connectivity index (χ3n) is 5.30. The van der Waals surface area contributed by atoms with Gasteiger partial charge in [0.1, 0.15) is 0 Å². The summed E-state index contributed by atoms with van der Waals surface area (Å²) >= 11 is 0. The highest BCUT2D eigenvalue weighted by molar-refractivity contribution is 7.89. The lowest BCUT2D eigenvalue weighted by Gasteiger charge is -2.18. The Labute approximate surface area is 183 Å². The fraction of sp³-hybridized carbons (Fsp3) is 0.409. The molecule has 0 aromatic heterocycles. The molecule has 31 heavy (non-hydrogen) atoms. The third-order valence-corrected chi connectivity index (χ3v) is 6.76. The van der Waals surface area contributed by atoms with Crippen LogP contribution in [0.15, 0.2) is 53.4 Å². The van der Waals surface area contributed by atoms with Crippen LogP contribution in [0.3, 0.4) is 0 Å². The van der Waals surface area contributed by atoms with Gasteiger partial charge in [0.15, 0.2) is 11.5 Å². The van der Waals surface area contributed by atoms with Crippen LogP contribution in [0.4, 0.5) is 5.69 Å². The smallest absolute Gasteiger partial charge is 0.240 e. The van der Waals surface area contributed by atoms with Crippen molar-refractivity contribution in [3.05, 3.63) is 48.5 Å². The van der Waals surface area contributed by atoms with Gasteiger partial charge in [-0.3, -0.25) is 4.79 Å². The van der Waals surface area contributed by atoms with Gasteiger partial charge in [0, 0.05) is 44.4 Å². The van der Waals surface area contributed by atoms with E-state index >= 15 is 0 Å². The molecule has 1 heterocycles. The molecule has 3 rings (SSSR count). The number of carbonyl (C=O) groups excluding carboxylic acids is 1. The Morgan fingerprint density at radius 3 is 2.55 bits per heavy atom. The van der Waals surface area contributed by atoms with Gasteiger partial charge in [-0.15, -0.1) is 0 Å². The lowest BCUT2D eigenvalue weighted by atomic mass is 10.1. The van der Waals surface area contributed by atoms with Crippen LogP contribution in [-0.4, -0.2) is 54.7 Å². The normalized spacial score (nSPS) is 16.2. The number of nitrogens with one attached hydrogen (secondary N) is 2. The van der Waals surface area contributed by atoms with Crippen molar-refractivity contribution in [1.29, 1.82) is 0 Å². The number of benzene rings is 2. The molecule has 1 atom stereocenters. The highest BCUT2D eigenvalue weighted by atomic mass is 32.2. The lowest BCUT2D eigenvalue weighted by molar-refractivity contribution is -0.121. The van der Waals surface area contributed by atoms with E-state index in [1.54, 1.807) is 0 Å². The molecule has 8 nitrogen and oxygen atoms in total. The molecule has 0 spiro atoms. The van der Waals surface area contributed by atoms with Gasteiger partial charge in [-0.1, -0.05) is 18.2 Å². The number of nitrogens with zero attached hydrogens (tertiary/aromatic N) is 1. The predicted molar refractivity (Wildman–Crippen MR) is 119 cm³/mol. The molecule has 2 N–H and O–H groups in total. The average Bonchev–Trinajstić information content (AvgIpc) is 3.27. The van der Waals surface area contributed by atoms with Gasteiger partial charge in [0.05, 0.1) is 19.1 Å². The number of methoxy groups -OCH3 is 2. The van der Waals surface area contributed by atoms with Crippen LogP contribution in [0.25, 0.3) is 0 Å². The van der Waals surface area contributed by atoms with Crippen molar-refractivity contribution < 1.29 is 22.7 Å². The van der Waals surface area contributed by atoms with Crippen molar-refractivity contribution in [1.82, 2.24) is 10.0 Å². The molecule has 1 aliphatic heterocycles. The molecule has 1 saturated heterocycles. The van der Waals surface area contributed by atoms with Crippen LogP contribution < -0.4 is 24.4 Å². The quantitative estimate of drug-likeness (QED) is 0.578. The molecule has 0 radical (unpaired) electrons. The minimum Gasteiger partial charge on any atom is -0.493 e. The first-order valence-corrected chi connectivity index (χ1v) is 11.7. The summed E-state index contributed by atoms with van der Waals surface area (Å²) in [5.41, 5.74) is 1.20. The average molecular weight is 448 g/mol. The molecule has 1 amide bonds. The molecular formula is C22H29N3O5S. The summed E-state index contributed by atoms with van der Waals surface area (Å²) in [7, 11) is -0.835. The van der Waals surface area contributed by atoms with Crippen molar-refractivity contribution in [2.24, 2.45) is 5.92 Å². The molecule has 0 aliphatic carbocycles. The molecule has 0 saturated carbocycles. The van der Waals surface area contributed by atoms with E-state index in [0.29, 0.717) is 24.0 Å². The monoisotopic (exact) mass is 447 g/mol. The first-order valence-electron chi connectivity index (χ1n) is 10.2. The summed E-state index contributed by atoms with van der Waals surface area (Å²) < 4.78 is 37.7. The maximum Gasteiger partial charge on any atom is 0.240 e. The van der Waals surface area contributed by atoms with E-state index in [4.69, 9.17) is 9.47 Å². The van der Waals surface area contributed by atoms with Crippen LogP contribution in [-0.2, 0) is 14.8 Å². The van der Waals surface area contributed by atoms with E-state index in [9.17, 15) is 13.2 Å². The van der Waals surface area contributed by atoms with E-state index in [0.717, 1.165) is 19.5 Å². The fourth-order valence-corrected chi connectivity index (χ4v) is 4.63. The predicted octanol–water partition coefficient (Wildman–Crippen LogP) is 2.01. The first-order chi connectivity index (χ1) is 14.9. The van der Waals surface area contributed by atoms with Crippen LogP contribution in [0, 0.1) is 5.92 Å². The maximum atomic E-state index is 12.5. The number of amides is 1. The van der Waals surface area contributed by atoms with Crippen molar-refractivity contribution in [3.63, 3.8) is 0 Å². The number of carbonyl (C=O) groups is 1. The Bertz CT molecular complexity index is 982. The lowest BCUT2D eigenvalue weighted by Crippen LogP contribution is -2.34. The van der Waals surface area contributed by atoms with Gasteiger partial charge in [0.2, 0.25) is 15.9 Å². The number of hydrogen-bond acceptors (Lipinski definition) is 6. The SMILES string of the molecule is COc1ccc(S(=O)(=O)NCCC(=O)NCC2CCN(c3ccccc3)C2)cc1OC. The van der Waals surface area contributed by atoms with Crippen molar-refractivity contribution in [2.75, 3.05) is 45.3 Å². The zero-order chi connectivity index (χ0) is 22.3. The van der Waals surface area contributed by atoms with Crippen LogP contribution in [0.5, 0.6) is 11.5 Å². The molecule has 2 aromatic carbocycles. The summed E-state index contributed by atoms with van der Waals surface area (Å²) in [5, 5.41) is 2.92. The molecular weight excluding hydrogens is 418 g/mol. The molecule has 9 heteroatoms. The molecule has 0 bridgehead atoms. The molecule has 168 valence electrons. The second kappa shape index (κ2) is 10.5. The fourth-order valence-electron chi connectivity index (χ4n) is 3.59. The first kappa shape index (κ1) is 22.9. The minimum absolute atomic E-state index is 0.0172. The third kappa shape index (κ3) is 6.11. The zero-order valence-corrected chi connectivity index (χ0v) is 18.7. The van der Waals surface area contributed by atoms with Gasteiger partial charge in [-0.05, 0) is 36.6 Å². The van der Waals surface area contributed by atoms with E-state index < -0.39 is 10.0 Å². The van der Waals surface area contributed by atoms with Gasteiger partial charge in [-0.25, -0.2) is 13.1 Å². The molecule has 1 fully saturated rings. The highest BCUT2D eigenvalue weighted by Gasteiger charge is 2.23. The standard InChI is InChI=1S/C22H29N3O5S/c1-29-20-9-8-19(14-21(20)30-2)31(27,28)24-12-10-22(26)23-15-17-11-13-25(16-17)18-6-4-3-5-7-18/h3-9,14,17,24H,10-13,15-16H2,1-2H3,(H,23,26). The van der Waals surface area contributed by atoms with Crippen molar-refractivity contribution in [2.45, 2.75) is 17.7 Å². The van der Waals surface area contributed by atoms with Crippen molar-refractivity contribution in [3.8, 4) is 11.5 Å². The number of para-hydroxylation sites is 1. The summed E-state index contributed by atoms with van der Waals surface area (Å²) in [5.74, 6) is 0.976. The number of anilines is 1. The highest BCUT2D eigenvalue weighted by Crippen LogP contribution is 2.29. The Morgan fingerprint density at radius 1 is 1.10 bits per heavy atom. The Morgan fingerprint density at radius 2 is 1.84 bits per heavy atom. The zero-order valence-electron chi connectivity index (χ0n) is 17.8. The Balaban J connectivity index is 1.42. The number of hydrogen-bond donors (Lipinski definition) is 2.